The Kier molecular flexibility index (Phi) is 4.71. The first-order chi connectivity index (χ1) is 9.63. The summed E-state index contributed by atoms with van der Waals surface area (Å²) in [5.41, 5.74) is 0.574. The number of rotatable bonds is 5. The van der Waals surface area contributed by atoms with Crippen molar-refractivity contribution < 1.29 is 14.0 Å². The molecule has 2 amide bonds. The lowest BCUT2D eigenvalue weighted by Crippen LogP contribution is -2.45. The molecule has 0 bridgehead atoms. The third-order valence-electron chi connectivity index (χ3n) is 3.45. The lowest BCUT2D eigenvalue weighted by Gasteiger charge is -2.24. The van der Waals surface area contributed by atoms with Gasteiger partial charge in [-0.1, -0.05) is 13.3 Å². The molecule has 1 N–H and O–H groups in total. The Morgan fingerprint density at radius 3 is 2.75 bits per heavy atom. The first-order valence-electron chi connectivity index (χ1n) is 6.99. The molecular weight excluding hydrogens is 259 g/mol. The van der Waals surface area contributed by atoms with Crippen molar-refractivity contribution in [2.24, 2.45) is 0 Å². The number of hydrogen-bond acceptors (Lipinski definition) is 2. The van der Waals surface area contributed by atoms with Gasteiger partial charge in [0.15, 0.2) is 0 Å². The first-order valence-corrected chi connectivity index (χ1v) is 6.99. The number of nitrogens with zero attached hydrogens (tertiary/aromatic N) is 1. The third-order valence-corrected chi connectivity index (χ3v) is 3.45. The van der Waals surface area contributed by atoms with Crippen molar-refractivity contribution in [3.8, 4) is 0 Å². The number of amides is 2. The van der Waals surface area contributed by atoms with E-state index in [0.717, 1.165) is 12.8 Å². The minimum atomic E-state index is -0.482. The zero-order chi connectivity index (χ0) is 14.5. The molecule has 1 aliphatic heterocycles. The molecule has 1 aromatic rings. The fraction of sp³-hybridized carbons (Fsp3) is 0.467. The van der Waals surface area contributed by atoms with Gasteiger partial charge in [-0.05, 0) is 37.1 Å². The summed E-state index contributed by atoms with van der Waals surface area (Å²) in [5.74, 6) is -0.579. The van der Waals surface area contributed by atoms with Crippen LogP contribution in [0.5, 0.6) is 0 Å². The Morgan fingerprint density at radius 2 is 2.10 bits per heavy atom. The molecule has 1 aliphatic rings. The predicted octanol–water partition coefficient (Wildman–Crippen LogP) is 2.24. The SMILES string of the molecule is CCCCNC(=O)C1CCC(=O)N1c1ccc(F)cc1. The maximum Gasteiger partial charge on any atom is 0.243 e. The molecular formula is C15H19FN2O2. The van der Waals surface area contributed by atoms with Crippen molar-refractivity contribution in [3.63, 3.8) is 0 Å². The van der Waals surface area contributed by atoms with Gasteiger partial charge in [0.25, 0.3) is 0 Å². The van der Waals surface area contributed by atoms with Gasteiger partial charge < -0.3 is 5.32 Å². The van der Waals surface area contributed by atoms with Crippen LogP contribution in [0, 0.1) is 5.82 Å². The van der Waals surface area contributed by atoms with Crippen molar-refractivity contribution in [1.29, 1.82) is 0 Å². The molecule has 1 heterocycles. The van der Waals surface area contributed by atoms with E-state index in [0.29, 0.717) is 25.1 Å². The third kappa shape index (κ3) is 3.15. The summed E-state index contributed by atoms with van der Waals surface area (Å²) in [5, 5.41) is 2.85. The predicted molar refractivity (Wildman–Crippen MR) is 74.8 cm³/mol. The smallest absolute Gasteiger partial charge is 0.243 e. The largest absolute Gasteiger partial charge is 0.354 e. The van der Waals surface area contributed by atoms with Gasteiger partial charge in [0.2, 0.25) is 11.8 Å². The standard InChI is InChI=1S/C15H19FN2O2/c1-2-3-10-17-15(20)13-8-9-14(19)18(13)12-6-4-11(16)5-7-12/h4-7,13H,2-3,8-10H2,1H3,(H,17,20). The van der Waals surface area contributed by atoms with Gasteiger partial charge in [-0.2, -0.15) is 0 Å². The molecule has 1 unspecified atom stereocenters. The second-order valence-electron chi connectivity index (χ2n) is 4.94. The number of carbonyl (C=O) groups excluding carboxylic acids is 2. The van der Waals surface area contributed by atoms with Gasteiger partial charge >= 0.3 is 0 Å². The minimum absolute atomic E-state index is 0.0905. The van der Waals surface area contributed by atoms with Crippen LogP contribution in [-0.2, 0) is 9.59 Å². The normalized spacial score (nSPS) is 18.4. The maximum absolute atomic E-state index is 12.9. The second kappa shape index (κ2) is 6.50. The highest BCUT2D eigenvalue weighted by Gasteiger charge is 2.36. The highest BCUT2D eigenvalue weighted by atomic mass is 19.1. The van der Waals surface area contributed by atoms with Crippen molar-refractivity contribution in [2.75, 3.05) is 11.4 Å². The van der Waals surface area contributed by atoms with Crippen molar-refractivity contribution in [2.45, 2.75) is 38.6 Å². The van der Waals surface area contributed by atoms with E-state index in [1.807, 2.05) is 0 Å². The summed E-state index contributed by atoms with van der Waals surface area (Å²) in [6.07, 6.45) is 2.78. The lowest BCUT2D eigenvalue weighted by atomic mass is 10.2. The van der Waals surface area contributed by atoms with Crippen LogP contribution in [-0.4, -0.2) is 24.4 Å². The van der Waals surface area contributed by atoms with Crippen LogP contribution in [0.1, 0.15) is 32.6 Å². The molecule has 0 aliphatic carbocycles. The molecule has 4 nitrogen and oxygen atoms in total. The van der Waals surface area contributed by atoms with Gasteiger partial charge in [-0.25, -0.2) is 4.39 Å². The van der Waals surface area contributed by atoms with E-state index in [2.05, 4.69) is 12.2 Å². The monoisotopic (exact) mass is 278 g/mol. The number of anilines is 1. The number of hydrogen-bond donors (Lipinski definition) is 1. The second-order valence-corrected chi connectivity index (χ2v) is 4.94. The molecule has 1 saturated heterocycles. The molecule has 5 heteroatoms. The van der Waals surface area contributed by atoms with E-state index >= 15 is 0 Å². The average Bonchev–Trinajstić information content (AvgIpc) is 2.82. The topological polar surface area (TPSA) is 49.4 Å². The molecule has 108 valence electrons. The van der Waals surface area contributed by atoms with E-state index in [-0.39, 0.29) is 17.6 Å². The summed E-state index contributed by atoms with van der Waals surface area (Å²) in [7, 11) is 0. The zero-order valence-electron chi connectivity index (χ0n) is 11.6. The zero-order valence-corrected chi connectivity index (χ0v) is 11.6. The Balaban J connectivity index is 2.10. The number of unbranched alkanes of at least 4 members (excludes halogenated alkanes) is 1. The molecule has 0 aromatic heterocycles. The Hall–Kier alpha value is -1.91. The molecule has 2 rings (SSSR count). The molecule has 0 saturated carbocycles. The van der Waals surface area contributed by atoms with Gasteiger partial charge in [0.1, 0.15) is 11.9 Å². The van der Waals surface area contributed by atoms with E-state index in [1.165, 1.54) is 29.2 Å². The van der Waals surface area contributed by atoms with Gasteiger partial charge in [0.05, 0.1) is 0 Å². The molecule has 1 fully saturated rings. The number of carbonyl (C=O) groups is 2. The summed E-state index contributed by atoms with van der Waals surface area (Å²) in [6, 6.07) is 5.18. The van der Waals surface area contributed by atoms with Crippen LogP contribution in [0.3, 0.4) is 0 Å². The maximum atomic E-state index is 12.9. The molecule has 20 heavy (non-hydrogen) atoms. The van der Waals surface area contributed by atoms with Crippen LogP contribution in [0.2, 0.25) is 0 Å². The summed E-state index contributed by atoms with van der Waals surface area (Å²) in [6.45, 7) is 2.67. The van der Waals surface area contributed by atoms with E-state index in [1.54, 1.807) is 0 Å². The Morgan fingerprint density at radius 1 is 1.40 bits per heavy atom. The Labute approximate surface area is 118 Å². The van der Waals surface area contributed by atoms with E-state index in [9.17, 15) is 14.0 Å². The van der Waals surface area contributed by atoms with Gasteiger partial charge in [0, 0.05) is 18.7 Å². The lowest BCUT2D eigenvalue weighted by molar-refractivity contribution is -0.123. The number of nitrogens with one attached hydrogen (secondary N) is 1. The molecule has 0 radical (unpaired) electrons. The fourth-order valence-corrected chi connectivity index (χ4v) is 2.36. The number of benzene rings is 1. The van der Waals surface area contributed by atoms with Crippen LogP contribution in [0.15, 0.2) is 24.3 Å². The fourth-order valence-electron chi connectivity index (χ4n) is 2.36. The van der Waals surface area contributed by atoms with Crippen molar-refractivity contribution in [3.05, 3.63) is 30.1 Å². The highest BCUT2D eigenvalue weighted by molar-refractivity contribution is 6.03. The van der Waals surface area contributed by atoms with Crippen LogP contribution in [0.25, 0.3) is 0 Å². The summed E-state index contributed by atoms with van der Waals surface area (Å²) in [4.78, 5) is 25.6. The average molecular weight is 278 g/mol. The summed E-state index contributed by atoms with van der Waals surface area (Å²) < 4.78 is 12.9. The van der Waals surface area contributed by atoms with Gasteiger partial charge in [-0.3, -0.25) is 14.5 Å². The molecule has 0 spiro atoms. The van der Waals surface area contributed by atoms with E-state index < -0.39 is 6.04 Å². The quantitative estimate of drug-likeness (QED) is 0.840. The minimum Gasteiger partial charge on any atom is -0.354 e. The Bertz CT molecular complexity index is 487. The van der Waals surface area contributed by atoms with Gasteiger partial charge in [-0.15, -0.1) is 0 Å². The molecule has 1 aromatic carbocycles. The highest BCUT2D eigenvalue weighted by Crippen LogP contribution is 2.26. The van der Waals surface area contributed by atoms with Crippen LogP contribution >= 0.6 is 0 Å². The first kappa shape index (κ1) is 14.5. The number of halogens is 1. The molecule has 1 atom stereocenters. The van der Waals surface area contributed by atoms with E-state index in [4.69, 9.17) is 0 Å². The van der Waals surface area contributed by atoms with Crippen molar-refractivity contribution >= 4 is 17.5 Å². The van der Waals surface area contributed by atoms with Crippen LogP contribution in [0.4, 0.5) is 10.1 Å². The van der Waals surface area contributed by atoms with Crippen LogP contribution < -0.4 is 10.2 Å². The van der Waals surface area contributed by atoms with Crippen molar-refractivity contribution in [1.82, 2.24) is 5.32 Å². The summed E-state index contributed by atoms with van der Waals surface area (Å²) >= 11 is 0.